The van der Waals surface area contributed by atoms with Crippen molar-refractivity contribution in [2.45, 2.75) is 19.3 Å². The van der Waals surface area contributed by atoms with Gasteiger partial charge in [-0.1, -0.05) is 0 Å². The molecule has 72 valence electrons. The topological polar surface area (TPSA) is 3.24 Å². The molecule has 0 N–H and O–H groups in total. The minimum Gasteiger partial charge on any atom is -0.302 e. The third kappa shape index (κ3) is 4.58. The summed E-state index contributed by atoms with van der Waals surface area (Å²) in [5, 5.41) is 0. The van der Waals surface area contributed by atoms with Gasteiger partial charge in [-0.25, -0.2) is 0 Å². The molecule has 0 unspecified atom stereocenters. The molecule has 12 heavy (non-hydrogen) atoms. The van der Waals surface area contributed by atoms with Crippen molar-refractivity contribution < 1.29 is 0 Å². The molecule has 1 aliphatic rings. The van der Waals surface area contributed by atoms with Crippen molar-refractivity contribution in [2.75, 3.05) is 37.0 Å². The lowest BCUT2D eigenvalue weighted by Crippen LogP contribution is -2.27. The van der Waals surface area contributed by atoms with Crippen LogP contribution < -0.4 is 0 Å². The van der Waals surface area contributed by atoms with Gasteiger partial charge in [0.2, 0.25) is 0 Å². The fourth-order valence-electron chi connectivity index (χ4n) is 1.45. The Balaban J connectivity index is 2.04. The van der Waals surface area contributed by atoms with Crippen LogP contribution in [0.5, 0.6) is 0 Å². The van der Waals surface area contributed by atoms with Crippen LogP contribution >= 0.6 is 23.4 Å². The van der Waals surface area contributed by atoms with E-state index in [4.69, 9.17) is 11.6 Å². The van der Waals surface area contributed by atoms with E-state index < -0.39 is 0 Å². The average Bonchev–Trinajstić information content (AvgIpc) is 2.33. The molecule has 0 spiro atoms. The summed E-state index contributed by atoms with van der Waals surface area (Å²) in [5.74, 6) is 3.50. The zero-order chi connectivity index (χ0) is 8.65. The van der Waals surface area contributed by atoms with Crippen LogP contribution in [0.25, 0.3) is 0 Å². The average molecular weight is 208 g/mol. The summed E-state index contributed by atoms with van der Waals surface area (Å²) in [6.07, 6.45) is 3.81. The second kappa shape index (κ2) is 7.05. The molecule has 0 atom stereocenters. The van der Waals surface area contributed by atoms with Gasteiger partial charge in [-0.2, -0.15) is 11.8 Å². The largest absolute Gasteiger partial charge is 0.302 e. The van der Waals surface area contributed by atoms with Gasteiger partial charge in [0.05, 0.1) is 0 Å². The number of rotatable bonds is 4. The number of hydrogen-bond donors (Lipinski definition) is 0. The van der Waals surface area contributed by atoms with Crippen molar-refractivity contribution in [3.63, 3.8) is 0 Å². The van der Waals surface area contributed by atoms with Gasteiger partial charge in [-0.3, -0.25) is 0 Å². The molecule has 1 nitrogen and oxygen atoms in total. The molecule has 0 saturated carbocycles. The van der Waals surface area contributed by atoms with Crippen molar-refractivity contribution in [1.82, 2.24) is 4.90 Å². The number of thioether (sulfide) groups is 1. The predicted molar refractivity (Wildman–Crippen MR) is 58.3 cm³/mol. The number of nitrogens with zero attached hydrogens (tertiary/aromatic N) is 1. The van der Waals surface area contributed by atoms with E-state index in [1.807, 2.05) is 0 Å². The van der Waals surface area contributed by atoms with Gasteiger partial charge < -0.3 is 4.90 Å². The Hall–Kier alpha value is 0.600. The van der Waals surface area contributed by atoms with E-state index in [-0.39, 0.29) is 0 Å². The molecule has 0 aromatic rings. The van der Waals surface area contributed by atoms with Gasteiger partial charge >= 0.3 is 0 Å². The maximum atomic E-state index is 5.63. The highest BCUT2D eigenvalue weighted by atomic mass is 35.5. The van der Waals surface area contributed by atoms with E-state index in [0.717, 1.165) is 5.88 Å². The van der Waals surface area contributed by atoms with E-state index in [2.05, 4.69) is 16.7 Å². The minimum atomic E-state index is 0.822. The number of hydrogen-bond acceptors (Lipinski definition) is 2. The first-order valence-corrected chi connectivity index (χ1v) is 6.48. The first-order valence-electron chi connectivity index (χ1n) is 4.79. The Morgan fingerprint density at radius 1 is 1.17 bits per heavy atom. The van der Waals surface area contributed by atoms with Crippen LogP contribution in [0.2, 0.25) is 0 Å². The lowest BCUT2D eigenvalue weighted by Gasteiger charge is -2.18. The first kappa shape index (κ1) is 10.7. The van der Waals surface area contributed by atoms with Crippen LogP contribution in [-0.4, -0.2) is 41.9 Å². The first-order chi connectivity index (χ1) is 5.93. The maximum Gasteiger partial charge on any atom is 0.0223 e. The highest BCUT2D eigenvalue weighted by molar-refractivity contribution is 7.99. The molecular formula is C9H18ClNS. The van der Waals surface area contributed by atoms with Crippen molar-refractivity contribution in [3.8, 4) is 0 Å². The lowest BCUT2D eigenvalue weighted by molar-refractivity contribution is 0.291. The van der Waals surface area contributed by atoms with Crippen LogP contribution in [0.15, 0.2) is 0 Å². The molecule has 0 aliphatic carbocycles. The molecule has 1 heterocycles. The fraction of sp³-hybridized carbons (Fsp3) is 1.00. The van der Waals surface area contributed by atoms with Crippen molar-refractivity contribution in [2.24, 2.45) is 0 Å². The van der Waals surface area contributed by atoms with Crippen LogP contribution in [0.3, 0.4) is 0 Å². The van der Waals surface area contributed by atoms with E-state index in [0.29, 0.717) is 0 Å². The normalized spacial score (nSPS) is 20.8. The smallest absolute Gasteiger partial charge is 0.0223 e. The molecule has 0 aromatic heterocycles. The van der Waals surface area contributed by atoms with Crippen molar-refractivity contribution >= 4 is 23.4 Å². The highest BCUT2D eigenvalue weighted by Gasteiger charge is 2.07. The summed E-state index contributed by atoms with van der Waals surface area (Å²) in [4.78, 5) is 2.58. The van der Waals surface area contributed by atoms with Crippen molar-refractivity contribution in [1.29, 1.82) is 0 Å². The third-order valence-corrected chi connectivity index (χ3v) is 3.49. The maximum absolute atomic E-state index is 5.63. The van der Waals surface area contributed by atoms with Gasteiger partial charge in [-0.15, -0.1) is 11.6 Å². The summed E-state index contributed by atoms with van der Waals surface area (Å²) < 4.78 is 0. The Bertz CT molecular complexity index is 103. The summed E-state index contributed by atoms with van der Waals surface area (Å²) >= 11 is 7.72. The summed E-state index contributed by atoms with van der Waals surface area (Å²) in [7, 11) is 0. The van der Waals surface area contributed by atoms with Crippen LogP contribution in [-0.2, 0) is 0 Å². The highest BCUT2D eigenvalue weighted by Crippen LogP contribution is 2.10. The SMILES string of the molecule is ClCCCCN1CCCSCC1. The van der Waals surface area contributed by atoms with Gasteiger partial charge in [0.15, 0.2) is 0 Å². The number of halogens is 1. The summed E-state index contributed by atoms with van der Waals surface area (Å²) in [5.41, 5.74) is 0. The van der Waals surface area contributed by atoms with Crippen molar-refractivity contribution in [3.05, 3.63) is 0 Å². The van der Waals surface area contributed by atoms with E-state index in [1.54, 1.807) is 0 Å². The van der Waals surface area contributed by atoms with Gasteiger partial charge in [-0.05, 0) is 38.1 Å². The monoisotopic (exact) mass is 207 g/mol. The van der Waals surface area contributed by atoms with Gasteiger partial charge in [0.25, 0.3) is 0 Å². The lowest BCUT2D eigenvalue weighted by atomic mass is 10.3. The fourth-order valence-corrected chi connectivity index (χ4v) is 2.56. The molecule has 0 bridgehead atoms. The summed E-state index contributed by atoms with van der Waals surface area (Å²) in [6.45, 7) is 3.84. The standard InChI is InChI=1S/C9H18ClNS/c10-4-1-2-5-11-6-3-8-12-9-7-11/h1-9H2. The van der Waals surface area contributed by atoms with Crippen LogP contribution in [0, 0.1) is 0 Å². The molecule has 1 fully saturated rings. The van der Waals surface area contributed by atoms with E-state index >= 15 is 0 Å². The van der Waals surface area contributed by atoms with Crippen LogP contribution in [0.4, 0.5) is 0 Å². The molecule has 0 radical (unpaired) electrons. The van der Waals surface area contributed by atoms with E-state index in [9.17, 15) is 0 Å². The Morgan fingerprint density at radius 3 is 2.92 bits per heavy atom. The van der Waals surface area contributed by atoms with Crippen LogP contribution in [0.1, 0.15) is 19.3 Å². The minimum absolute atomic E-state index is 0.822. The number of alkyl halides is 1. The second-order valence-electron chi connectivity index (χ2n) is 3.20. The molecule has 0 amide bonds. The third-order valence-electron chi connectivity index (χ3n) is 2.17. The summed E-state index contributed by atoms with van der Waals surface area (Å²) in [6, 6.07) is 0. The van der Waals surface area contributed by atoms with Gasteiger partial charge in [0, 0.05) is 18.2 Å². The van der Waals surface area contributed by atoms with Gasteiger partial charge in [0.1, 0.15) is 0 Å². The molecule has 3 heteroatoms. The Morgan fingerprint density at radius 2 is 2.08 bits per heavy atom. The predicted octanol–water partition coefficient (Wildman–Crippen LogP) is 2.44. The molecule has 0 aromatic carbocycles. The molecule has 1 saturated heterocycles. The molecular weight excluding hydrogens is 190 g/mol. The quantitative estimate of drug-likeness (QED) is 0.515. The molecule has 1 rings (SSSR count). The Labute approximate surface area is 84.8 Å². The van der Waals surface area contributed by atoms with E-state index in [1.165, 1.54) is 50.4 Å². The zero-order valence-electron chi connectivity index (χ0n) is 7.60. The second-order valence-corrected chi connectivity index (χ2v) is 4.81. The zero-order valence-corrected chi connectivity index (χ0v) is 9.17. The molecule has 1 aliphatic heterocycles. The Kier molecular flexibility index (Phi) is 6.27. The number of unbranched alkanes of at least 4 members (excludes halogenated alkanes) is 1.